The van der Waals surface area contributed by atoms with Gasteiger partial charge in [-0.2, -0.15) is 4.98 Å². The zero-order chi connectivity index (χ0) is 15.2. The molecule has 0 spiro atoms. The molecular weight excluding hydrogens is 273 g/mol. The Morgan fingerprint density at radius 1 is 1.29 bits per heavy atom. The van der Waals surface area contributed by atoms with Crippen LogP contribution in [0.25, 0.3) is 0 Å². The second-order valence-corrected chi connectivity index (χ2v) is 4.60. The molecule has 0 aliphatic heterocycles. The minimum atomic E-state index is -0.210. The van der Waals surface area contributed by atoms with Crippen molar-refractivity contribution in [2.45, 2.75) is 26.9 Å². The summed E-state index contributed by atoms with van der Waals surface area (Å²) in [4.78, 5) is 8.16. The highest BCUT2D eigenvalue weighted by Gasteiger charge is 2.05. The first kappa shape index (κ1) is 15.0. The highest BCUT2D eigenvalue weighted by Crippen LogP contribution is 2.08. The number of hydrogen-bond donors (Lipinski definition) is 2. The van der Waals surface area contributed by atoms with E-state index < -0.39 is 0 Å². The van der Waals surface area contributed by atoms with E-state index in [9.17, 15) is 4.39 Å². The predicted octanol–water partition coefficient (Wildman–Crippen LogP) is 1.69. The number of benzene rings is 1. The number of nitrogens with one attached hydrogen (secondary N) is 2. The molecular formula is C14H18FN5O. The number of guanidine groups is 1. The Hall–Kier alpha value is -2.44. The van der Waals surface area contributed by atoms with Gasteiger partial charge in [-0.15, -0.1) is 0 Å². The van der Waals surface area contributed by atoms with Crippen LogP contribution in [0.2, 0.25) is 0 Å². The first-order valence-electron chi connectivity index (χ1n) is 6.57. The lowest BCUT2D eigenvalue weighted by Gasteiger charge is -2.10. The Labute approximate surface area is 122 Å². The molecule has 0 aliphatic rings. The third-order valence-electron chi connectivity index (χ3n) is 2.90. The lowest BCUT2D eigenvalue weighted by Crippen LogP contribution is -2.36. The first-order valence-corrected chi connectivity index (χ1v) is 6.57. The van der Waals surface area contributed by atoms with Crippen molar-refractivity contribution in [1.82, 2.24) is 20.8 Å². The van der Waals surface area contributed by atoms with Crippen LogP contribution in [-0.2, 0) is 13.1 Å². The SMILES string of the molecule is CN=C(NCc1ccc(C)c(F)c1)NCc1nc(C)no1. The maximum atomic E-state index is 13.5. The van der Waals surface area contributed by atoms with E-state index in [-0.39, 0.29) is 5.82 Å². The smallest absolute Gasteiger partial charge is 0.246 e. The summed E-state index contributed by atoms with van der Waals surface area (Å²) in [6.45, 7) is 4.34. The fraction of sp³-hybridized carbons (Fsp3) is 0.357. The van der Waals surface area contributed by atoms with E-state index in [2.05, 4.69) is 25.8 Å². The average Bonchev–Trinajstić information content (AvgIpc) is 2.88. The van der Waals surface area contributed by atoms with E-state index in [0.29, 0.717) is 36.3 Å². The molecule has 112 valence electrons. The molecule has 0 fully saturated rings. The van der Waals surface area contributed by atoms with Crippen LogP contribution >= 0.6 is 0 Å². The van der Waals surface area contributed by atoms with E-state index in [1.165, 1.54) is 6.07 Å². The second kappa shape index (κ2) is 6.83. The normalized spacial score (nSPS) is 11.5. The summed E-state index contributed by atoms with van der Waals surface area (Å²) in [5, 5.41) is 9.84. The molecule has 1 aromatic heterocycles. The molecule has 1 aromatic carbocycles. The summed E-state index contributed by atoms with van der Waals surface area (Å²) in [5.41, 5.74) is 1.47. The van der Waals surface area contributed by atoms with Crippen LogP contribution in [0, 0.1) is 19.7 Å². The van der Waals surface area contributed by atoms with Gasteiger partial charge in [0.15, 0.2) is 11.8 Å². The van der Waals surface area contributed by atoms with E-state index in [4.69, 9.17) is 4.52 Å². The standard InChI is InChI=1S/C14H18FN5O/c1-9-4-5-11(6-12(9)15)7-17-14(16-3)18-8-13-19-10(2)20-21-13/h4-6H,7-8H2,1-3H3,(H2,16,17,18). The highest BCUT2D eigenvalue weighted by molar-refractivity contribution is 5.79. The number of aryl methyl sites for hydroxylation is 2. The lowest BCUT2D eigenvalue weighted by molar-refractivity contribution is 0.371. The van der Waals surface area contributed by atoms with Crippen LogP contribution in [0.3, 0.4) is 0 Å². The molecule has 0 bridgehead atoms. The number of hydrogen-bond acceptors (Lipinski definition) is 4. The first-order chi connectivity index (χ1) is 10.1. The largest absolute Gasteiger partial charge is 0.352 e. The van der Waals surface area contributed by atoms with Crippen molar-refractivity contribution in [3.63, 3.8) is 0 Å². The van der Waals surface area contributed by atoms with Crippen LogP contribution < -0.4 is 10.6 Å². The molecule has 0 aliphatic carbocycles. The minimum Gasteiger partial charge on any atom is -0.352 e. The second-order valence-electron chi connectivity index (χ2n) is 4.60. The van der Waals surface area contributed by atoms with Crippen molar-refractivity contribution < 1.29 is 8.91 Å². The molecule has 21 heavy (non-hydrogen) atoms. The van der Waals surface area contributed by atoms with Crippen LogP contribution in [0.1, 0.15) is 22.8 Å². The molecule has 0 radical (unpaired) electrons. The minimum absolute atomic E-state index is 0.210. The Bertz CT molecular complexity index is 638. The van der Waals surface area contributed by atoms with Crippen molar-refractivity contribution in [3.8, 4) is 0 Å². The molecule has 0 saturated carbocycles. The summed E-state index contributed by atoms with van der Waals surface area (Å²) in [6.07, 6.45) is 0. The van der Waals surface area contributed by atoms with Crippen molar-refractivity contribution in [3.05, 3.63) is 46.9 Å². The number of halogens is 1. The molecule has 1 heterocycles. The molecule has 2 N–H and O–H groups in total. The third-order valence-corrected chi connectivity index (χ3v) is 2.90. The number of nitrogens with zero attached hydrogens (tertiary/aromatic N) is 3. The van der Waals surface area contributed by atoms with Crippen molar-refractivity contribution in [2.75, 3.05) is 7.05 Å². The Kier molecular flexibility index (Phi) is 4.86. The fourth-order valence-corrected chi connectivity index (χ4v) is 1.72. The van der Waals surface area contributed by atoms with E-state index in [1.54, 1.807) is 27.0 Å². The molecule has 2 rings (SSSR count). The molecule has 6 nitrogen and oxygen atoms in total. The third kappa shape index (κ3) is 4.27. The van der Waals surface area contributed by atoms with E-state index >= 15 is 0 Å². The maximum Gasteiger partial charge on any atom is 0.246 e. The van der Waals surface area contributed by atoms with Crippen molar-refractivity contribution in [2.24, 2.45) is 4.99 Å². The summed E-state index contributed by atoms with van der Waals surface area (Å²) in [5.74, 6) is 1.44. The molecule has 0 atom stereocenters. The van der Waals surface area contributed by atoms with Gasteiger partial charge in [-0.25, -0.2) is 4.39 Å². The average molecular weight is 291 g/mol. The summed E-state index contributed by atoms with van der Waals surface area (Å²) < 4.78 is 18.5. The fourth-order valence-electron chi connectivity index (χ4n) is 1.72. The monoisotopic (exact) mass is 291 g/mol. The van der Waals surface area contributed by atoms with Crippen molar-refractivity contribution >= 4 is 5.96 Å². The summed E-state index contributed by atoms with van der Waals surface area (Å²) in [7, 11) is 1.66. The number of aliphatic imine (C=N–C) groups is 1. The molecule has 0 saturated heterocycles. The molecule has 2 aromatic rings. The quantitative estimate of drug-likeness (QED) is 0.662. The van der Waals surface area contributed by atoms with Crippen molar-refractivity contribution in [1.29, 1.82) is 0 Å². The van der Waals surface area contributed by atoms with Gasteiger partial charge in [0, 0.05) is 13.6 Å². The van der Waals surface area contributed by atoms with Gasteiger partial charge in [0.1, 0.15) is 5.82 Å². The Balaban J connectivity index is 1.86. The zero-order valence-electron chi connectivity index (χ0n) is 12.3. The highest BCUT2D eigenvalue weighted by atomic mass is 19.1. The topological polar surface area (TPSA) is 75.3 Å². The van der Waals surface area contributed by atoms with Gasteiger partial charge < -0.3 is 15.2 Å². The van der Waals surface area contributed by atoms with Gasteiger partial charge in [-0.1, -0.05) is 17.3 Å². The van der Waals surface area contributed by atoms with Gasteiger partial charge in [0.25, 0.3) is 0 Å². The molecule has 7 heteroatoms. The van der Waals surface area contributed by atoms with Crippen LogP contribution in [-0.4, -0.2) is 23.1 Å². The van der Waals surface area contributed by atoms with Crippen LogP contribution in [0.15, 0.2) is 27.7 Å². The Morgan fingerprint density at radius 3 is 2.67 bits per heavy atom. The van der Waals surface area contributed by atoms with Crippen LogP contribution in [0.4, 0.5) is 4.39 Å². The van der Waals surface area contributed by atoms with Gasteiger partial charge in [-0.3, -0.25) is 4.99 Å². The number of aromatic nitrogens is 2. The molecule has 0 unspecified atom stereocenters. The maximum absolute atomic E-state index is 13.5. The van der Waals surface area contributed by atoms with E-state index in [1.807, 2.05) is 6.07 Å². The Morgan fingerprint density at radius 2 is 2.05 bits per heavy atom. The number of rotatable bonds is 4. The van der Waals surface area contributed by atoms with Crippen LogP contribution in [0.5, 0.6) is 0 Å². The predicted molar refractivity (Wildman–Crippen MR) is 77.2 cm³/mol. The zero-order valence-corrected chi connectivity index (χ0v) is 12.3. The summed E-state index contributed by atoms with van der Waals surface area (Å²) in [6, 6.07) is 5.14. The lowest BCUT2D eigenvalue weighted by atomic mass is 10.1. The van der Waals surface area contributed by atoms with Gasteiger partial charge in [0.05, 0.1) is 6.54 Å². The van der Waals surface area contributed by atoms with Gasteiger partial charge in [0.2, 0.25) is 5.89 Å². The van der Waals surface area contributed by atoms with Gasteiger partial charge >= 0.3 is 0 Å². The van der Waals surface area contributed by atoms with Gasteiger partial charge in [-0.05, 0) is 31.0 Å². The summed E-state index contributed by atoms with van der Waals surface area (Å²) >= 11 is 0. The van der Waals surface area contributed by atoms with E-state index in [0.717, 1.165) is 5.56 Å². The molecule has 0 amide bonds.